The van der Waals surface area contributed by atoms with E-state index in [2.05, 4.69) is 16.0 Å². The Balaban J connectivity index is 0.00000156. The van der Waals surface area contributed by atoms with E-state index in [1.165, 1.54) is 6.07 Å². The third kappa shape index (κ3) is 6.27. The maximum atomic E-state index is 14.1. The molecule has 1 amide bonds. The molecule has 25 heavy (non-hydrogen) atoms. The number of amides is 1. The number of hydrogen-bond acceptors (Lipinski definition) is 5. The number of benzene rings is 1. The van der Waals surface area contributed by atoms with Crippen molar-refractivity contribution in [2.45, 2.75) is 25.0 Å². The number of nitrogens with one attached hydrogen (secondary N) is 3. The third-order valence-corrected chi connectivity index (χ3v) is 4.02. The average Bonchev–Trinajstić information content (AvgIpc) is 3.08. The van der Waals surface area contributed by atoms with E-state index in [9.17, 15) is 9.18 Å². The molecule has 2 unspecified atom stereocenters. The summed E-state index contributed by atoms with van der Waals surface area (Å²) in [4.78, 5) is 12.1. The zero-order valence-corrected chi connectivity index (χ0v) is 15.4. The van der Waals surface area contributed by atoms with Gasteiger partial charge < -0.3 is 25.4 Å². The van der Waals surface area contributed by atoms with Crippen molar-refractivity contribution < 1.29 is 18.7 Å². The fraction of sp³-hybridized carbons (Fsp3) is 0.562. The second-order valence-corrected chi connectivity index (χ2v) is 5.78. The Morgan fingerprint density at radius 1 is 1.32 bits per heavy atom. The van der Waals surface area contributed by atoms with Crippen LogP contribution in [-0.4, -0.2) is 51.0 Å². The van der Waals surface area contributed by atoms with Crippen LogP contribution in [0.15, 0.2) is 18.2 Å². The Kier molecular flexibility index (Phi) is 9.45. The topological polar surface area (TPSA) is 71.6 Å². The molecule has 6 nitrogen and oxygen atoms in total. The Labute approximate surface area is 159 Å². The van der Waals surface area contributed by atoms with Crippen molar-refractivity contribution in [1.82, 2.24) is 5.32 Å². The Morgan fingerprint density at radius 2 is 2.16 bits per heavy atom. The zero-order chi connectivity index (χ0) is 16.1. The monoisotopic (exact) mass is 395 g/mol. The zero-order valence-electron chi connectivity index (χ0n) is 13.8. The van der Waals surface area contributed by atoms with Gasteiger partial charge in [0.1, 0.15) is 11.9 Å². The van der Waals surface area contributed by atoms with Gasteiger partial charge in [0.15, 0.2) is 0 Å². The van der Waals surface area contributed by atoms with Gasteiger partial charge in [-0.1, -0.05) is 0 Å². The van der Waals surface area contributed by atoms with E-state index < -0.39 is 11.9 Å². The second kappa shape index (κ2) is 10.8. The number of ether oxygens (including phenoxy) is 2. The summed E-state index contributed by atoms with van der Waals surface area (Å²) in [5, 5.41) is 8.82. The van der Waals surface area contributed by atoms with Crippen LogP contribution in [0.4, 0.5) is 15.8 Å². The van der Waals surface area contributed by atoms with Gasteiger partial charge in [-0.2, -0.15) is 0 Å². The fourth-order valence-electron chi connectivity index (χ4n) is 2.73. The second-order valence-electron chi connectivity index (χ2n) is 5.78. The summed E-state index contributed by atoms with van der Waals surface area (Å²) in [6.45, 7) is 2.93. The van der Waals surface area contributed by atoms with Crippen molar-refractivity contribution in [3.63, 3.8) is 0 Å². The summed E-state index contributed by atoms with van der Waals surface area (Å²) in [5.74, 6) is -0.613. The molecule has 1 aromatic carbocycles. The summed E-state index contributed by atoms with van der Waals surface area (Å²) >= 11 is 0. The van der Waals surface area contributed by atoms with Crippen molar-refractivity contribution in [1.29, 1.82) is 0 Å². The lowest BCUT2D eigenvalue weighted by molar-refractivity contribution is -0.120. The van der Waals surface area contributed by atoms with Gasteiger partial charge in [-0.25, -0.2) is 4.39 Å². The van der Waals surface area contributed by atoms with Crippen LogP contribution in [0.5, 0.6) is 0 Å². The summed E-state index contributed by atoms with van der Waals surface area (Å²) in [6, 6.07) is 4.23. The van der Waals surface area contributed by atoms with E-state index in [1.54, 1.807) is 12.1 Å². The molecule has 0 bridgehead atoms. The van der Waals surface area contributed by atoms with E-state index in [4.69, 9.17) is 9.47 Å². The quantitative estimate of drug-likeness (QED) is 0.712. The first-order valence-electron chi connectivity index (χ1n) is 7.99. The summed E-state index contributed by atoms with van der Waals surface area (Å²) in [6.07, 6.45) is 2.20. The van der Waals surface area contributed by atoms with Crippen LogP contribution in [0, 0.1) is 5.82 Å². The van der Waals surface area contributed by atoms with Crippen molar-refractivity contribution in [2.24, 2.45) is 0 Å². The normalized spacial score (nSPS) is 22.4. The highest BCUT2D eigenvalue weighted by Gasteiger charge is 2.21. The van der Waals surface area contributed by atoms with Crippen LogP contribution < -0.4 is 16.0 Å². The molecule has 1 aromatic rings. The number of rotatable bonds is 5. The predicted octanol–water partition coefficient (Wildman–Crippen LogP) is 2.19. The van der Waals surface area contributed by atoms with Crippen LogP contribution in [0.3, 0.4) is 0 Å². The molecule has 0 saturated carbocycles. The number of morpholine rings is 1. The largest absolute Gasteiger partial charge is 0.380 e. The van der Waals surface area contributed by atoms with Crippen LogP contribution in [0.1, 0.15) is 12.8 Å². The number of carbonyl (C=O) groups is 1. The molecule has 0 spiro atoms. The van der Waals surface area contributed by atoms with Gasteiger partial charge in [0.2, 0.25) is 5.91 Å². The lowest BCUT2D eigenvalue weighted by atomic mass is 10.2. The molecule has 0 aromatic heterocycles. The van der Waals surface area contributed by atoms with Gasteiger partial charge in [0.05, 0.1) is 25.0 Å². The minimum absolute atomic E-state index is 0. The highest BCUT2D eigenvalue weighted by atomic mass is 35.5. The van der Waals surface area contributed by atoms with Gasteiger partial charge in [-0.3, -0.25) is 4.79 Å². The summed E-state index contributed by atoms with van der Waals surface area (Å²) in [7, 11) is 0. The van der Waals surface area contributed by atoms with E-state index in [0.717, 1.165) is 19.4 Å². The Morgan fingerprint density at radius 3 is 2.80 bits per heavy atom. The first-order valence-corrected chi connectivity index (χ1v) is 7.99. The maximum absolute atomic E-state index is 14.1. The smallest absolute Gasteiger partial charge is 0.243 e. The SMILES string of the molecule is Cl.Cl.O=C(Nc1ccc(NCC2CCCO2)c(F)c1)C1COCCN1. The van der Waals surface area contributed by atoms with Crippen LogP contribution in [0.2, 0.25) is 0 Å². The lowest BCUT2D eigenvalue weighted by Crippen LogP contribution is -2.48. The molecular weight excluding hydrogens is 372 g/mol. The molecule has 2 saturated heterocycles. The molecule has 0 aliphatic carbocycles. The van der Waals surface area contributed by atoms with Gasteiger partial charge in [-0.05, 0) is 31.0 Å². The molecule has 2 aliphatic rings. The molecule has 2 atom stereocenters. The molecule has 3 N–H and O–H groups in total. The van der Waals surface area contributed by atoms with E-state index in [0.29, 0.717) is 37.7 Å². The molecule has 142 valence electrons. The molecule has 9 heteroatoms. The first-order chi connectivity index (χ1) is 11.2. The number of hydrogen-bond donors (Lipinski definition) is 3. The number of carbonyl (C=O) groups excluding carboxylic acids is 1. The van der Waals surface area contributed by atoms with Crippen LogP contribution in [0.25, 0.3) is 0 Å². The van der Waals surface area contributed by atoms with E-state index in [-0.39, 0.29) is 36.8 Å². The van der Waals surface area contributed by atoms with Crippen LogP contribution in [-0.2, 0) is 14.3 Å². The van der Waals surface area contributed by atoms with E-state index >= 15 is 0 Å². The van der Waals surface area contributed by atoms with Gasteiger partial charge in [0, 0.05) is 25.4 Å². The Bertz CT molecular complexity index is 553. The molecule has 2 fully saturated rings. The average molecular weight is 396 g/mol. The van der Waals surface area contributed by atoms with Crippen molar-refractivity contribution in [2.75, 3.05) is 43.5 Å². The van der Waals surface area contributed by atoms with Gasteiger partial charge in [-0.15, -0.1) is 24.8 Å². The van der Waals surface area contributed by atoms with Crippen molar-refractivity contribution in [3.05, 3.63) is 24.0 Å². The molecule has 2 heterocycles. The minimum atomic E-state index is -0.399. The number of halogens is 3. The molecule has 2 aliphatic heterocycles. The minimum Gasteiger partial charge on any atom is -0.380 e. The van der Waals surface area contributed by atoms with Gasteiger partial charge in [0.25, 0.3) is 0 Å². The van der Waals surface area contributed by atoms with Gasteiger partial charge >= 0.3 is 0 Å². The summed E-state index contributed by atoms with van der Waals surface area (Å²) < 4.78 is 24.9. The predicted molar refractivity (Wildman–Crippen MR) is 99.6 cm³/mol. The molecule has 0 radical (unpaired) electrons. The van der Waals surface area contributed by atoms with Crippen molar-refractivity contribution >= 4 is 42.1 Å². The third-order valence-electron chi connectivity index (χ3n) is 4.02. The summed E-state index contributed by atoms with van der Waals surface area (Å²) in [5.41, 5.74) is 0.847. The molecular formula is C16H24Cl2FN3O3. The first kappa shape index (κ1) is 21.9. The lowest BCUT2D eigenvalue weighted by Gasteiger charge is -2.23. The van der Waals surface area contributed by atoms with Crippen molar-refractivity contribution in [3.8, 4) is 0 Å². The highest BCUT2D eigenvalue weighted by Crippen LogP contribution is 2.20. The highest BCUT2D eigenvalue weighted by molar-refractivity contribution is 5.95. The maximum Gasteiger partial charge on any atom is 0.243 e. The Hall–Kier alpha value is -1.12. The van der Waals surface area contributed by atoms with E-state index in [1.807, 2.05) is 0 Å². The van der Waals surface area contributed by atoms with Crippen LogP contribution >= 0.6 is 24.8 Å². The molecule has 3 rings (SSSR count). The fourth-order valence-corrected chi connectivity index (χ4v) is 2.73. The number of anilines is 2. The standard InChI is InChI=1S/C16H22FN3O3.2ClH/c17-13-8-11(20-16(21)15-10-22-7-5-18-15)3-4-14(13)19-9-12-2-1-6-23-12;;/h3-4,8,12,15,18-19H,1-2,5-7,9-10H2,(H,20,21);2*1H.